The lowest BCUT2D eigenvalue weighted by atomic mass is 10.1. The first-order valence-electron chi connectivity index (χ1n) is 14.1. The van der Waals surface area contributed by atoms with Crippen LogP contribution in [0.4, 0.5) is 0 Å². The Hall–Kier alpha value is -4.62. The average Bonchev–Trinajstić information content (AvgIpc) is 3.74. The van der Waals surface area contributed by atoms with Crippen molar-refractivity contribution >= 4 is 45.7 Å². The summed E-state index contributed by atoms with van der Waals surface area (Å²) in [7, 11) is 0. The summed E-state index contributed by atoms with van der Waals surface area (Å²) < 4.78 is 0. The number of H-pyrrole nitrogens is 1. The van der Waals surface area contributed by atoms with E-state index in [-0.39, 0.29) is 54.5 Å². The van der Waals surface area contributed by atoms with Gasteiger partial charge in [-0.15, -0.1) is 11.3 Å². The monoisotopic (exact) mass is 609 g/mol. The van der Waals surface area contributed by atoms with E-state index in [2.05, 4.69) is 20.3 Å². The number of hydrogen-bond donors (Lipinski definition) is 3. The molecule has 1 saturated heterocycles. The minimum absolute atomic E-state index is 0.0399. The number of aromatic nitrogens is 3. The third-order valence-electron chi connectivity index (χ3n) is 6.36. The number of nitrogens with zero attached hydrogens (tertiary/aromatic N) is 4. The third-order valence-corrected chi connectivity index (χ3v) is 7.21. The van der Waals surface area contributed by atoms with Crippen LogP contribution in [0.1, 0.15) is 58.9 Å². The first-order chi connectivity index (χ1) is 20.9. The highest BCUT2D eigenvalue weighted by atomic mass is 32.1. The van der Waals surface area contributed by atoms with Gasteiger partial charge in [-0.3, -0.25) is 19.2 Å². The molecule has 0 saturated carbocycles. The number of aliphatic hydroxyl groups is 1. The molecule has 4 heterocycles. The summed E-state index contributed by atoms with van der Waals surface area (Å²) in [5.74, 6) is -2.09. The number of nitrogens with one attached hydrogen (secondary N) is 2. The average molecular weight is 610 g/mol. The van der Waals surface area contributed by atoms with Crippen LogP contribution < -0.4 is 5.32 Å². The van der Waals surface area contributed by atoms with Crippen molar-refractivity contribution in [3.05, 3.63) is 64.9 Å². The lowest BCUT2D eigenvalue weighted by molar-refractivity contribution is -0.127. The number of amides is 3. The quantitative estimate of drug-likeness (QED) is 0.164. The molecule has 5 rings (SSSR count). The van der Waals surface area contributed by atoms with Crippen LogP contribution in [0.5, 0.6) is 5.75 Å². The predicted molar refractivity (Wildman–Crippen MR) is 166 cm³/mol. The van der Waals surface area contributed by atoms with Crippen LogP contribution in [0, 0.1) is 0 Å². The number of rotatable bonds is 7. The van der Waals surface area contributed by atoms with E-state index in [4.69, 9.17) is 10.2 Å². The normalized spacial score (nSPS) is 12.5. The summed E-state index contributed by atoms with van der Waals surface area (Å²) in [4.78, 5) is 65.9. The molecule has 0 spiro atoms. The number of carbonyl (C=O) groups excluding carboxylic acids is 4. The number of ketones is 1. The van der Waals surface area contributed by atoms with Crippen molar-refractivity contribution in [2.45, 2.75) is 27.7 Å². The Labute approximate surface area is 253 Å². The van der Waals surface area contributed by atoms with Crippen LogP contribution in [-0.4, -0.2) is 97.8 Å². The second-order valence-electron chi connectivity index (χ2n) is 8.77. The van der Waals surface area contributed by atoms with Crippen LogP contribution in [0.2, 0.25) is 0 Å². The minimum atomic E-state index is -0.766. The van der Waals surface area contributed by atoms with Crippen molar-refractivity contribution in [2.75, 3.05) is 39.3 Å². The van der Waals surface area contributed by atoms with E-state index in [1.807, 2.05) is 33.8 Å². The molecule has 3 aromatic heterocycles. The number of pyridine rings is 1. The molecule has 0 atom stereocenters. The largest absolute Gasteiger partial charge is 0.592 e. The van der Waals surface area contributed by atoms with Gasteiger partial charge in [0.15, 0.2) is 0 Å². The second-order valence-corrected chi connectivity index (χ2v) is 9.63. The lowest BCUT2D eigenvalue weighted by Gasteiger charge is -2.34. The van der Waals surface area contributed by atoms with E-state index < -0.39 is 17.6 Å². The van der Waals surface area contributed by atoms with Gasteiger partial charge >= 0.3 is 0 Å². The zero-order chi connectivity index (χ0) is 31.5. The van der Waals surface area contributed by atoms with Crippen molar-refractivity contribution in [2.24, 2.45) is 0 Å². The van der Waals surface area contributed by atoms with Crippen LogP contribution in [0.25, 0.3) is 21.6 Å². The van der Waals surface area contributed by atoms with Crippen LogP contribution >= 0.6 is 11.3 Å². The molecule has 0 bridgehead atoms. The smallest absolute Gasteiger partial charge is 0.295 e. The molecular formula is C30H37N6O6S+. The summed E-state index contributed by atoms with van der Waals surface area (Å²) in [5, 5.41) is 22.0. The Balaban J connectivity index is 0.00000121. The van der Waals surface area contributed by atoms with Gasteiger partial charge in [0.25, 0.3) is 29.3 Å². The standard InChI is InChI=1S/C26H24N6O6S.2C2H6/c33-11-6-27-23(36)17-14-39-24(30-17)21-20-19(18(34)13-29-21)16(12-28-20)22(35)26(38)32-9-7-31(8-10-32)25(37)15-4-2-1-3-5-15;2*1-2/h1-5,12-14,28,33-34H,6-11H2,(H,27,36);2*1-2H3/p+1. The molecule has 0 unspecified atom stereocenters. The van der Waals surface area contributed by atoms with E-state index in [1.165, 1.54) is 17.3 Å². The maximum absolute atomic E-state index is 13.3. The van der Waals surface area contributed by atoms with Crippen molar-refractivity contribution in [3.8, 4) is 16.5 Å². The number of piperazine rings is 1. The Kier molecular flexibility index (Phi) is 11.9. The molecule has 5 N–H and O–H groups in total. The van der Waals surface area contributed by atoms with E-state index in [0.717, 1.165) is 11.3 Å². The fourth-order valence-electron chi connectivity index (χ4n) is 4.37. The number of aromatic amines is 1. The summed E-state index contributed by atoms with van der Waals surface area (Å²) in [6.45, 7) is 8.93. The highest BCUT2D eigenvalue weighted by Gasteiger charge is 2.32. The summed E-state index contributed by atoms with van der Waals surface area (Å²) >= 11 is 1.16. The number of carbonyl (C=O) groups is 4. The Bertz CT molecular complexity index is 1560. The third kappa shape index (κ3) is 7.24. The number of Topliss-reactive ketones (excluding diaryl/α,β-unsaturated/α-hetero) is 1. The van der Waals surface area contributed by atoms with E-state index in [0.29, 0.717) is 34.9 Å². The van der Waals surface area contributed by atoms with Crippen molar-refractivity contribution in [1.82, 2.24) is 30.1 Å². The Morgan fingerprint density at radius 2 is 1.67 bits per heavy atom. The molecule has 13 heteroatoms. The number of fused-ring (bicyclic) bond motifs is 1. The van der Waals surface area contributed by atoms with Crippen molar-refractivity contribution in [1.29, 1.82) is 0 Å². The minimum Gasteiger partial charge on any atom is -0.592 e. The summed E-state index contributed by atoms with van der Waals surface area (Å²) in [6, 6.07) is 8.88. The molecule has 1 aliphatic heterocycles. The highest BCUT2D eigenvalue weighted by Crippen LogP contribution is 2.35. The van der Waals surface area contributed by atoms with Gasteiger partial charge in [-0.1, -0.05) is 45.9 Å². The van der Waals surface area contributed by atoms with Gasteiger partial charge in [-0.2, -0.15) is 0 Å². The predicted octanol–water partition coefficient (Wildman–Crippen LogP) is 3.07. The molecule has 3 amide bonds. The number of benzene rings is 1. The fraction of sp³-hybridized carbons (Fsp3) is 0.333. The van der Waals surface area contributed by atoms with Gasteiger partial charge in [0.1, 0.15) is 28.0 Å². The fourth-order valence-corrected chi connectivity index (χ4v) is 5.17. The first kappa shape index (κ1) is 32.9. The first-order valence-corrected chi connectivity index (χ1v) is 15.0. The molecular weight excluding hydrogens is 572 g/mol. The van der Waals surface area contributed by atoms with Gasteiger partial charge in [0, 0.05) is 49.9 Å². The SMILES string of the molecule is CC.CC.O=C(NCCO)c1csc(-c2ncc([OH2+])c3c(C(=O)C(=O)N4CCN(C(=O)c5ccccc5)CC4)c[nH]c23)n1. The Morgan fingerprint density at radius 3 is 2.33 bits per heavy atom. The summed E-state index contributed by atoms with van der Waals surface area (Å²) in [6.07, 6.45) is 2.65. The second kappa shape index (κ2) is 15.6. The van der Waals surface area contributed by atoms with Crippen LogP contribution in [0.3, 0.4) is 0 Å². The van der Waals surface area contributed by atoms with Crippen LogP contribution in [0.15, 0.2) is 48.1 Å². The molecule has 4 aromatic rings. The number of thiazole rings is 1. The van der Waals surface area contributed by atoms with E-state index >= 15 is 0 Å². The van der Waals surface area contributed by atoms with Gasteiger partial charge in [-0.25, -0.2) is 9.97 Å². The molecule has 0 aliphatic carbocycles. The molecule has 12 nitrogen and oxygen atoms in total. The number of aliphatic hydroxyl groups excluding tert-OH is 1. The Morgan fingerprint density at radius 1 is 1.02 bits per heavy atom. The van der Waals surface area contributed by atoms with Gasteiger partial charge < -0.3 is 30.3 Å². The molecule has 1 aromatic carbocycles. The zero-order valence-electron chi connectivity index (χ0n) is 24.6. The van der Waals surface area contributed by atoms with Gasteiger partial charge in [0.2, 0.25) is 0 Å². The maximum atomic E-state index is 13.3. The lowest BCUT2D eigenvalue weighted by Crippen LogP contribution is -2.52. The highest BCUT2D eigenvalue weighted by molar-refractivity contribution is 7.13. The van der Waals surface area contributed by atoms with Gasteiger partial charge in [0.05, 0.1) is 17.7 Å². The topological polar surface area (TPSA) is 171 Å². The molecule has 0 radical (unpaired) electrons. The maximum Gasteiger partial charge on any atom is 0.295 e. The molecule has 1 aliphatic rings. The van der Waals surface area contributed by atoms with Crippen LogP contribution in [-0.2, 0) is 4.79 Å². The van der Waals surface area contributed by atoms with E-state index in [9.17, 15) is 19.2 Å². The van der Waals surface area contributed by atoms with Crippen molar-refractivity contribution < 1.29 is 29.4 Å². The zero-order valence-corrected chi connectivity index (χ0v) is 25.5. The number of hydrogen-bond acceptors (Lipinski definition) is 8. The molecule has 43 heavy (non-hydrogen) atoms. The van der Waals surface area contributed by atoms with Gasteiger partial charge in [-0.05, 0) is 12.1 Å². The van der Waals surface area contributed by atoms with Crippen molar-refractivity contribution in [3.63, 3.8) is 0 Å². The summed E-state index contributed by atoms with van der Waals surface area (Å²) in [5.41, 5.74) is 1.46. The van der Waals surface area contributed by atoms with E-state index in [1.54, 1.807) is 34.5 Å². The molecule has 1 fully saturated rings. The molecule has 228 valence electrons.